The van der Waals surface area contributed by atoms with Crippen molar-refractivity contribution in [2.75, 3.05) is 10.6 Å². The number of hydrogen-bond donors (Lipinski definition) is 4. The molecule has 6 nitrogen and oxygen atoms in total. The minimum absolute atomic E-state index is 0.00287. The molecular formula is C18H15FN2O4S. The molecule has 26 heavy (non-hydrogen) atoms. The Bertz CT molecular complexity index is 945. The average Bonchev–Trinajstić information content (AvgIpc) is 2.88. The van der Waals surface area contributed by atoms with Gasteiger partial charge in [0.05, 0.1) is 16.6 Å². The molecule has 3 rings (SSSR count). The highest BCUT2D eigenvalue weighted by Crippen LogP contribution is 2.44. The van der Waals surface area contributed by atoms with Gasteiger partial charge in [0.1, 0.15) is 5.82 Å². The molecule has 0 heterocycles. The number of Topliss-reactive ketones (excluding diaryl/α,β-unsaturated/α-hetero) is 1. The summed E-state index contributed by atoms with van der Waals surface area (Å²) in [4.78, 5) is 24.3. The number of amides is 1. The second-order valence-corrected chi connectivity index (χ2v) is 6.39. The monoisotopic (exact) mass is 374 g/mol. The molecule has 1 aliphatic rings. The highest BCUT2D eigenvalue weighted by Gasteiger charge is 2.37. The van der Waals surface area contributed by atoms with Gasteiger partial charge in [0.25, 0.3) is 0 Å². The van der Waals surface area contributed by atoms with Crippen LogP contribution < -0.4 is 10.6 Å². The maximum absolute atomic E-state index is 13.3. The molecule has 0 saturated heterocycles. The van der Waals surface area contributed by atoms with Crippen LogP contribution in [0.4, 0.5) is 15.8 Å². The Hall–Kier alpha value is -3.00. The van der Waals surface area contributed by atoms with Crippen molar-refractivity contribution in [1.29, 1.82) is 0 Å². The maximum Gasteiger partial charge on any atom is 0.221 e. The summed E-state index contributed by atoms with van der Waals surface area (Å²) in [5.74, 6) is -3.01. The number of carbonyl (C=O) groups is 2. The van der Waals surface area contributed by atoms with Gasteiger partial charge in [-0.1, -0.05) is 18.3 Å². The van der Waals surface area contributed by atoms with Crippen LogP contribution in [-0.2, 0) is 11.2 Å². The normalized spacial score (nSPS) is 15.5. The minimum Gasteiger partial charge on any atom is -0.504 e. The average molecular weight is 374 g/mol. The SMILES string of the molecule is CC(=O)Nc1c(O)c(O)cc2c1CC(C(=S)Nc1cccc(F)c1)C2=O. The van der Waals surface area contributed by atoms with Gasteiger partial charge in [-0.25, -0.2) is 4.39 Å². The molecular weight excluding hydrogens is 359 g/mol. The number of halogens is 1. The Labute approximate surface area is 153 Å². The van der Waals surface area contributed by atoms with Gasteiger partial charge in [0, 0.05) is 18.2 Å². The number of phenolic OH excluding ortho intramolecular Hbond substituents is 2. The van der Waals surface area contributed by atoms with Crippen LogP contribution >= 0.6 is 12.2 Å². The molecule has 0 radical (unpaired) electrons. The van der Waals surface area contributed by atoms with E-state index >= 15 is 0 Å². The first-order chi connectivity index (χ1) is 12.3. The summed E-state index contributed by atoms with van der Waals surface area (Å²) < 4.78 is 13.3. The third-order valence-electron chi connectivity index (χ3n) is 4.09. The Morgan fingerprint density at radius 1 is 1.27 bits per heavy atom. The molecule has 2 aromatic rings. The van der Waals surface area contributed by atoms with E-state index in [-0.39, 0.29) is 28.4 Å². The van der Waals surface area contributed by atoms with Gasteiger partial charge in [0.15, 0.2) is 17.3 Å². The summed E-state index contributed by atoms with van der Waals surface area (Å²) in [6.45, 7) is 1.25. The number of nitrogens with one attached hydrogen (secondary N) is 2. The van der Waals surface area contributed by atoms with Crippen molar-refractivity contribution >= 4 is 40.3 Å². The van der Waals surface area contributed by atoms with Crippen molar-refractivity contribution in [1.82, 2.24) is 0 Å². The number of anilines is 2. The van der Waals surface area contributed by atoms with Crippen LogP contribution in [0.3, 0.4) is 0 Å². The van der Waals surface area contributed by atoms with Crippen molar-refractivity contribution in [3.8, 4) is 11.5 Å². The van der Waals surface area contributed by atoms with Crippen LogP contribution in [0.2, 0.25) is 0 Å². The van der Waals surface area contributed by atoms with Crippen molar-refractivity contribution in [2.45, 2.75) is 13.3 Å². The number of carbonyl (C=O) groups excluding carboxylic acids is 2. The topological polar surface area (TPSA) is 98.7 Å². The number of phenols is 2. The van der Waals surface area contributed by atoms with E-state index in [1.54, 1.807) is 6.07 Å². The molecule has 1 atom stereocenters. The van der Waals surface area contributed by atoms with E-state index in [0.717, 1.165) is 6.07 Å². The van der Waals surface area contributed by atoms with E-state index in [2.05, 4.69) is 10.6 Å². The van der Waals surface area contributed by atoms with Gasteiger partial charge in [-0.15, -0.1) is 0 Å². The maximum atomic E-state index is 13.3. The Morgan fingerprint density at radius 2 is 2.00 bits per heavy atom. The standard InChI is InChI=1S/C18H15FN2O4S/c1-8(22)20-15-11-6-13(16(24)12(11)7-14(23)17(15)25)18(26)21-10-4-2-3-9(19)5-10/h2-5,7,13,23,25H,6H2,1H3,(H,20,22)(H,21,26). The molecule has 2 aromatic carbocycles. The lowest BCUT2D eigenvalue weighted by Crippen LogP contribution is -2.25. The van der Waals surface area contributed by atoms with E-state index in [1.165, 1.54) is 25.1 Å². The van der Waals surface area contributed by atoms with Crippen LogP contribution in [0, 0.1) is 11.7 Å². The molecule has 0 saturated carbocycles. The number of fused-ring (bicyclic) bond motifs is 1. The Kier molecular flexibility index (Phi) is 4.60. The largest absolute Gasteiger partial charge is 0.504 e. The molecule has 0 bridgehead atoms. The van der Waals surface area contributed by atoms with Crippen LogP contribution in [-0.4, -0.2) is 26.9 Å². The third-order valence-corrected chi connectivity index (χ3v) is 4.47. The van der Waals surface area contributed by atoms with Gasteiger partial charge in [-0.2, -0.15) is 0 Å². The first-order valence-corrected chi connectivity index (χ1v) is 8.14. The predicted molar refractivity (Wildman–Crippen MR) is 98.2 cm³/mol. The Morgan fingerprint density at radius 3 is 2.65 bits per heavy atom. The van der Waals surface area contributed by atoms with Crippen molar-refractivity contribution in [3.05, 3.63) is 47.3 Å². The van der Waals surface area contributed by atoms with E-state index in [1.807, 2.05) is 0 Å². The Balaban J connectivity index is 1.91. The van der Waals surface area contributed by atoms with Gasteiger partial charge < -0.3 is 20.8 Å². The molecule has 0 fully saturated rings. The molecule has 1 amide bonds. The van der Waals surface area contributed by atoms with E-state index in [4.69, 9.17) is 12.2 Å². The summed E-state index contributed by atoms with van der Waals surface area (Å²) in [6, 6.07) is 6.82. The van der Waals surface area contributed by atoms with Crippen LogP contribution in [0.1, 0.15) is 22.8 Å². The summed E-state index contributed by atoms with van der Waals surface area (Å²) in [7, 11) is 0. The van der Waals surface area contributed by atoms with Gasteiger partial charge in [0.2, 0.25) is 5.91 Å². The van der Waals surface area contributed by atoms with Crippen LogP contribution in [0.25, 0.3) is 0 Å². The van der Waals surface area contributed by atoms with Gasteiger partial charge in [-0.05, 0) is 36.2 Å². The fourth-order valence-corrected chi connectivity index (χ4v) is 3.24. The number of benzene rings is 2. The summed E-state index contributed by atoms with van der Waals surface area (Å²) in [6.07, 6.45) is 0.138. The third kappa shape index (κ3) is 3.23. The molecule has 0 aromatic heterocycles. The smallest absolute Gasteiger partial charge is 0.221 e. The highest BCUT2D eigenvalue weighted by molar-refractivity contribution is 7.80. The summed E-state index contributed by atoms with van der Waals surface area (Å²) in [5, 5.41) is 25.1. The molecule has 1 unspecified atom stereocenters. The van der Waals surface area contributed by atoms with Gasteiger partial charge >= 0.3 is 0 Å². The van der Waals surface area contributed by atoms with Gasteiger partial charge in [-0.3, -0.25) is 9.59 Å². The predicted octanol–water partition coefficient (Wildman–Crippen LogP) is 2.99. The molecule has 1 aliphatic carbocycles. The number of hydrogen-bond acceptors (Lipinski definition) is 5. The zero-order valence-electron chi connectivity index (χ0n) is 13.7. The van der Waals surface area contributed by atoms with E-state index < -0.39 is 29.1 Å². The number of aromatic hydroxyl groups is 2. The van der Waals surface area contributed by atoms with Crippen molar-refractivity contribution in [3.63, 3.8) is 0 Å². The quantitative estimate of drug-likeness (QED) is 0.487. The fourth-order valence-electron chi connectivity index (χ4n) is 2.93. The van der Waals surface area contributed by atoms with Crippen LogP contribution in [0.15, 0.2) is 30.3 Å². The molecule has 0 aliphatic heterocycles. The van der Waals surface area contributed by atoms with Crippen molar-refractivity contribution < 1.29 is 24.2 Å². The summed E-state index contributed by atoms with van der Waals surface area (Å²) >= 11 is 5.29. The lowest BCUT2D eigenvalue weighted by Gasteiger charge is -2.13. The second kappa shape index (κ2) is 6.72. The molecule has 8 heteroatoms. The first kappa shape index (κ1) is 17.8. The first-order valence-electron chi connectivity index (χ1n) is 7.74. The van der Waals surface area contributed by atoms with Crippen LogP contribution in [0.5, 0.6) is 11.5 Å². The minimum atomic E-state index is -0.753. The zero-order valence-corrected chi connectivity index (χ0v) is 14.5. The number of rotatable bonds is 3. The lowest BCUT2D eigenvalue weighted by molar-refractivity contribution is -0.114. The van der Waals surface area contributed by atoms with E-state index in [0.29, 0.717) is 11.3 Å². The summed E-state index contributed by atoms with van der Waals surface area (Å²) in [5.41, 5.74) is 0.981. The lowest BCUT2D eigenvalue weighted by atomic mass is 10.0. The molecule has 134 valence electrons. The number of thiocarbonyl (C=S) groups is 1. The highest BCUT2D eigenvalue weighted by atomic mass is 32.1. The zero-order chi connectivity index (χ0) is 19.0. The molecule has 4 N–H and O–H groups in total. The second-order valence-electron chi connectivity index (χ2n) is 5.95. The molecule has 0 spiro atoms. The van der Waals surface area contributed by atoms with Crippen molar-refractivity contribution in [2.24, 2.45) is 5.92 Å². The number of ketones is 1. The van der Waals surface area contributed by atoms with E-state index in [9.17, 15) is 24.2 Å². The fraction of sp³-hybridized carbons (Fsp3) is 0.167.